The molecule has 4 rings (SSSR count). The molecule has 1 fully saturated rings. The standard InChI is InChI=1S/C26H26Cl2N6O3/c1-16-11-18-12-19(8-9-22(18)37-16)32-26(31-15-29)33-21-7-2-3-10-34(25(21)36)14-23(35)30-13-17-5-4-6-20(27)24(17)28/h4-6,8-9,11-12,21H,2-3,7,10,13-14H2,1H3,(H,30,35)(H2,31,32,33)/t21-/m0/s1. The monoisotopic (exact) mass is 540 g/mol. The maximum atomic E-state index is 13.3. The van der Waals surface area contributed by atoms with Gasteiger partial charge in [-0.2, -0.15) is 5.26 Å². The summed E-state index contributed by atoms with van der Waals surface area (Å²) in [7, 11) is 0. The average Bonchev–Trinajstić information content (AvgIpc) is 3.16. The molecule has 0 spiro atoms. The Balaban J connectivity index is 1.43. The lowest BCUT2D eigenvalue weighted by molar-refractivity contribution is -0.136. The molecule has 11 heteroatoms. The molecule has 1 saturated heterocycles. The van der Waals surface area contributed by atoms with E-state index in [0.717, 1.165) is 29.6 Å². The highest BCUT2D eigenvalue weighted by Gasteiger charge is 2.28. The van der Waals surface area contributed by atoms with Crippen LogP contribution in [-0.4, -0.2) is 41.8 Å². The van der Waals surface area contributed by atoms with Gasteiger partial charge in [0.25, 0.3) is 0 Å². The number of carbonyl (C=O) groups is 2. The van der Waals surface area contributed by atoms with Gasteiger partial charge >= 0.3 is 0 Å². The van der Waals surface area contributed by atoms with Crippen LogP contribution in [0.3, 0.4) is 0 Å². The van der Waals surface area contributed by atoms with E-state index in [0.29, 0.717) is 34.3 Å². The van der Waals surface area contributed by atoms with Crippen LogP contribution in [0.5, 0.6) is 0 Å². The van der Waals surface area contributed by atoms with Crippen LogP contribution in [0.15, 0.2) is 51.9 Å². The smallest absolute Gasteiger partial charge is 0.247 e. The predicted molar refractivity (Wildman–Crippen MR) is 143 cm³/mol. The molecule has 37 heavy (non-hydrogen) atoms. The largest absolute Gasteiger partial charge is 0.461 e. The first-order chi connectivity index (χ1) is 17.8. The molecule has 3 aromatic rings. The SMILES string of the molecule is Cc1cc2cc(NC(=N[C@H]3CCCCN(CC(=O)NCc4cccc(Cl)c4Cl)C3=O)NC#N)ccc2o1. The zero-order valence-corrected chi connectivity index (χ0v) is 21.7. The minimum Gasteiger partial charge on any atom is -0.461 e. The molecule has 1 atom stereocenters. The van der Waals surface area contributed by atoms with E-state index in [1.807, 2.05) is 31.3 Å². The molecule has 0 unspecified atom stereocenters. The van der Waals surface area contributed by atoms with Gasteiger partial charge in [-0.15, -0.1) is 0 Å². The van der Waals surface area contributed by atoms with Crippen molar-refractivity contribution in [3.05, 3.63) is 63.8 Å². The lowest BCUT2D eigenvalue weighted by atomic mass is 10.1. The number of aliphatic imine (C=N–C) groups is 1. The zero-order chi connectivity index (χ0) is 26.4. The van der Waals surface area contributed by atoms with E-state index in [1.54, 1.807) is 24.3 Å². The molecule has 3 N–H and O–H groups in total. The van der Waals surface area contributed by atoms with Crippen molar-refractivity contribution >= 4 is 57.6 Å². The third-order valence-corrected chi connectivity index (χ3v) is 6.81. The lowest BCUT2D eigenvalue weighted by Gasteiger charge is -2.23. The van der Waals surface area contributed by atoms with Crippen molar-refractivity contribution in [2.75, 3.05) is 18.4 Å². The molecular weight excluding hydrogens is 515 g/mol. The van der Waals surface area contributed by atoms with Crippen molar-refractivity contribution in [2.45, 2.75) is 38.8 Å². The Morgan fingerprint density at radius 3 is 2.89 bits per heavy atom. The average molecular weight is 541 g/mol. The quantitative estimate of drug-likeness (QED) is 0.182. The fraction of sp³-hybridized carbons (Fsp3) is 0.308. The molecule has 1 aromatic heterocycles. The van der Waals surface area contributed by atoms with Crippen molar-refractivity contribution in [2.24, 2.45) is 4.99 Å². The number of nitriles is 1. The Kier molecular flexibility index (Phi) is 8.54. The van der Waals surface area contributed by atoms with Crippen molar-refractivity contribution in [3.63, 3.8) is 0 Å². The van der Waals surface area contributed by atoms with Crippen molar-refractivity contribution in [1.82, 2.24) is 15.5 Å². The number of aryl methyl sites for hydroxylation is 1. The number of amides is 2. The Morgan fingerprint density at radius 2 is 2.08 bits per heavy atom. The Morgan fingerprint density at radius 1 is 1.24 bits per heavy atom. The molecule has 0 saturated carbocycles. The first-order valence-corrected chi connectivity index (χ1v) is 12.6. The van der Waals surface area contributed by atoms with Crippen molar-refractivity contribution < 1.29 is 14.0 Å². The first-order valence-electron chi connectivity index (χ1n) is 11.8. The van der Waals surface area contributed by atoms with Crippen LogP contribution in [0.1, 0.15) is 30.6 Å². The van der Waals surface area contributed by atoms with Gasteiger partial charge in [0.05, 0.1) is 16.6 Å². The Bertz CT molecular complexity index is 1380. The minimum atomic E-state index is -0.735. The number of guanidine groups is 1. The van der Waals surface area contributed by atoms with Crippen LogP contribution < -0.4 is 16.0 Å². The van der Waals surface area contributed by atoms with Gasteiger partial charge in [-0.1, -0.05) is 35.3 Å². The van der Waals surface area contributed by atoms with Gasteiger partial charge in [0, 0.05) is 24.2 Å². The number of furan rings is 1. The number of nitrogens with one attached hydrogen (secondary N) is 3. The summed E-state index contributed by atoms with van der Waals surface area (Å²) in [6, 6.07) is 11.9. The summed E-state index contributed by atoms with van der Waals surface area (Å²) in [6.45, 7) is 2.41. The highest BCUT2D eigenvalue weighted by molar-refractivity contribution is 6.42. The highest BCUT2D eigenvalue weighted by atomic mass is 35.5. The maximum absolute atomic E-state index is 13.3. The van der Waals surface area contributed by atoms with Crippen molar-refractivity contribution in [1.29, 1.82) is 5.26 Å². The molecule has 1 aliphatic heterocycles. The number of rotatable bonds is 6. The Labute approximate surface area is 224 Å². The summed E-state index contributed by atoms with van der Waals surface area (Å²) in [5, 5.41) is 19.3. The van der Waals surface area contributed by atoms with Crippen LogP contribution in [0, 0.1) is 18.4 Å². The summed E-state index contributed by atoms with van der Waals surface area (Å²) in [5.74, 6) is 0.363. The summed E-state index contributed by atoms with van der Waals surface area (Å²) in [4.78, 5) is 31.9. The van der Waals surface area contributed by atoms with E-state index in [-0.39, 0.29) is 30.9 Å². The molecule has 2 amide bonds. The highest BCUT2D eigenvalue weighted by Crippen LogP contribution is 2.25. The lowest BCUT2D eigenvalue weighted by Crippen LogP contribution is -2.44. The second-order valence-corrected chi connectivity index (χ2v) is 9.50. The maximum Gasteiger partial charge on any atom is 0.247 e. The summed E-state index contributed by atoms with van der Waals surface area (Å²) in [6.07, 6.45) is 3.88. The molecular formula is C26H26Cl2N6O3. The number of hydrogen-bond donors (Lipinski definition) is 3. The number of hydrogen-bond acceptors (Lipinski definition) is 5. The molecule has 9 nitrogen and oxygen atoms in total. The second-order valence-electron chi connectivity index (χ2n) is 8.71. The number of nitrogens with zero attached hydrogens (tertiary/aromatic N) is 3. The number of anilines is 1. The number of halogens is 2. The minimum absolute atomic E-state index is 0.103. The summed E-state index contributed by atoms with van der Waals surface area (Å²) < 4.78 is 5.60. The number of carbonyl (C=O) groups excluding carboxylic acids is 2. The fourth-order valence-corrected chi connectivity index (χ4v) is 4.55. The van der Waals surface area contributed by atoms with Gasteiger partial charge in [0.15, 0.2) is 6.19 Å². The summed E-state index contributed by atoms with van der Waals surface area (Å²) in [5.41, 5.74) is 2.13. The van der Waals surface area contributed by atoms with E-state index in [1.165, 1.54) is 4.90 Å². The molecule has 2 heterocycles. The molecule has 1 aliphatic rings. The van der Waals surface area contributed by atoms with Gasteiger partial charge in [-0.25, -0.2) is 4.99 Å². The first kappa shape index (κ1) is 26.3. The predicted octanol–water partition coefficient (Wildman–Crippen LogP) is 4.58. The van der Waals surface area contributed by atoms with Gasteiger partial charge in [0.1, 0.15) is 17.4 Å². The van der Waals surface area contributed by atoms with Gasteiger partial charge in [-0.3, -0.25) is 14.9 Å². The normalized spacial score (nSPS) is 16.3. The van der Waals surface area contributed by atoms with E-state index in [2.05, 4.69) is 20.9 Å². The fourth-order valence-electron chi connectivity index (χ4n) is 4.16. The molecule has 0 bridgehead atoms. The second kappa shape index (κ2) is 12.0. The topological polar surface area (TPSA) is 123 Å². The Hall–Kier alpha value is -3.74. The van der Waals surface area contributed by atoms with E-state index in [4.69, 9.17) is 27.6 Å². The molecule has 192 valence electrons. The number of likely N-dealkylation sites (tertiary alicyclic amines) is 1. The van der Waals surface area contributed by atoms with Crippen LogP contribution in [0.4, 0.5) is 5.69 Å². The number of fused-ring (bicyclic) bond motifs is 1. The molecule has 0 radical (unpaired) electrons. The van der Waals surface area contributed by atoms with Crippen LogP contribution in [0.2, 0.25) is 10.0 Å². The molecule has 2 aromatic carbocycles. The summed E-state index contributed by atoms with van der Waals surface area (Å²) >= 11 is 12.2. The van der Waals surface area contributed by atoms with Gasteiger partial charge in [-0.05, 0) is 62.1 Å². The van der Waals surface area contributed by atoms with Crippen molar-refractivity contribution in [3.8, 4) is 6.19 Å². The van der Waals surface area contributed by atoms with Crippen LogP contribution >= 0.6 is 23.2 Å². The van der Waals surface area contributed by atoms with Crippen LogP contribution in [-0.2, 0) is 16.1 Å². The van der Waals surface area contributed by atoms with E-state index < -0.39 is 6.04 Å². The third-order valence-electron chi connectivity index (χ3n) is 5.96. The van der Waals surface area contributed by atoms with E-state index >= 15 is 0 Å². The van der Waals surface area contributed by atoms with Crippen LogP contribution in [0.25, 0.3) is 11.0 Å². The zero-order valence-electron chi connectivity index (χ0n) is 20.2. The third kappa shape index (κ3) is 6.73. The van der Waals surface area contributed by atoms with Gasteiger partial charge < -0.3 is 20.0 Å². The van der Waals surface area contributed by atoms with Gasteiger partial charge in [0.2, 0.25) is 17.8 Å². The number of benzene rings is 2. The van der Waals surface area contributed by atoms with E-state index in [9.17, 15) is 14.9 Å². The molecule has 0 aliphatic carbocycles.